The van der Waals surface area contributed by atoms with E-state index in [1.54, 1.807) is 27.9 Å². The molecule has 154 valence electrons. The average Bonchev–Trinajstić information content (AvgIpc) is 3.33. The number of anilines is 2. The van der Waals surface area contributed by atoms with Gasteiger partial charge in [0, 0.05) is 37.7 Å². The number of thiophene rings is 1. The fourth-order valence-corrected chi connectivity index (χ4v) is 4.31. The Labute approximate surface area is 173 Å². The molecule has 2 fully saturated rings. The highest BCUT2D eigenvalue weighted by atomic mass is 32.1. The van der Waals surface area contributed by atoms with Crippen LogP contribution in [0, 0.1) is 11.8 Å². The first-order valence-corrected chi connectivity index (χ1v) is 10.9. The number of hydrogen-bond acceptors (Lipinski definition) is 5. The number of carbonyl (C=O) groups is 3. The molecule has 0 aromatic carbocycles. The van der Waals surface area contributed by atoms with Gasteiger partial charge in [-0.25, -0.2) is 0 Å². The van der Waals surface area contributed by atoms with Crippen LogP contribution in [0.25, 0.3) is 0 Å². The van der Waals surface area contributed by atoms with Gasteiger partial charge in [0.2, 0.25) is 11.8 Å². The van der Waals surface area contributed by atoms with E-state index in [1.165, 1.54) is 11.3 Å². The lowest BCUT2D eigenvalue weighted by molar-refractivity contribution is -0.121. The van der Waals surface area contributed by atoms with Crippen molar-refractivity contribution in [2.45, 2.75) is 39.2 Å². The van der Waals surface area contributed by atoms with Crippen LogP contribution in [-0.4, -0.2) is 45.5 Å². The van der Waals surface area contributed by atoms with Gasteiger partial charge in [0.1, 0.15) is 0 Å². The molecule has 0 bridgehead atoms. The number of aromatic nitrogens is 2. The predicted molar refractivity (Wildman–Crippen MR) is 111 cm³/mol. The number of rotatable bonds is 6. The van der Waals surface area contributed by atoms with E-state index in [0.29, 0.717) is 41.5 Å². The summed E-state index contributed by atoms with van der Waals surface area (Å²) in [5, 5.41) is 10.7. The number of carbonyl (C=O) groups excluding carboxylic acids is 3. The molecule has 8 nitrogen and oxygen atoms in total. The highest BCUT2D eigenvalue weighted by Crippen LogP contribution is 2.32. The Morgan fingerprint density at radius 1 is 1.07 bits per heavy atom. The molecule has 3 amide bonds. The Balaban J connectivity index is 1.27. The van der Waals surface area contributed by atoms with Crippen molar-refractivity contribution < 1.29 is 14.4 Å². The summed E-state index contributed by atoms with van der Waals surface area (Å²) >= 11 is 1.31. The molecule has 2 N–H and O–H groups in total. The number of aryl methyl sites for hydroxylation is 1. The van der Waals surface area contributed by atoms with Crippen molar-refractivity contribution in [3.05, 3.63) is 29.4 Å². The third-order valence-corrected chi connectivity index (χ3v) is 6.38. The number of likely N-dealkylation sites (tertiary alicyclic amines) is 1. The molecule has 4 rings (SSSR count). The average molecular weight is 416 g/mol. The van der Waals surface area contributed by atoms with Gasteiger partial charge in [-0.3, -0.25) is 19.1 Å². The molecule has 0 spiro atoms. The SMILES string of the molecule is CCn1cc(NC(=O)C2CCN(C(=O)c3ccc(NC(=O)C4CC4)s3)CC2)cn1. The third-order valence-electron chi connectivity index (χ3n) is 5.39. The molecule has 1 saturated heterocycles. The summed E-state index contributed by atoms with van der Waals surface area (Å²) in [5.41, 5.74) is 0.703. The lowest BCUT2D eigenvalue weighted by Crippen LogP contribution is -2.41. The number of amides is 3. The highest BCUT2D eigenvalue weighted by Gasteiger charge is 2.31. The first-order valence-electron chi connectivity index (χ1n) is 10.1. The van der Waals surface area contributed by atoms with E-state index in [-0.39, 0.29) is 29.6 Å². The minimum Gasteiger partial charge on any atom is -0.338 e. The monoisotopic (exact) mass is 415 g/mol. The minimum absolute atomic E-state index is 0.0195. The van der Waals surface area contributed by atoms with Gasteiger partial charge in [-0.15, -0.1) is 11.3 Å². The lowest BCUT2D eigenvalue weighted by Gasteiger charge is -2.31. The summed E-state index contributed by atoms with van der Waals surface area (Å²) in [5.74, 6) is 0.0135. The molecule has 9 heteroatoms. The molecule has 1 saturated carbocycles. The van der Waals surface area contributed by atoms with Crippen molar-refractivity contribution in [1.29, 1.82) is 0 Å². The molecule has 0 atom stereocenters. The first kappa shape index (κ1) is 19.6. The molecule has 2 aromatic rings. The van der Waals surface area contributed by atoms with Gasteiger partial charge in [-0.05, 0) is 44.7 Å². The Bertz CT molecular complexity index is 909. The van der Waals surface area contributed by atoms with Crippen molar-refractivity contribution in [3.63, 3.8) is 0 Å². The molecule has 3 heterocycles. The zero-order chi connectivity index (χ0) is 20.4. The van der Waals surface area contributed by atoms with E-state index in [4.69, 9.17) is 0 Å². The third kappa shape index (κ3) is 4.67. The Morgan fingerprint density at radius 3 is 2.41 bits per heavy atom. The summed E-state index contributed by atoms with van der Waals surface area (Å²) in [6.07, 6.45) is 6.63. The van der Waals surface area contributed by atoms with Crippen molar-refractivity contribution in [2.75, 3.05) is 23.7 Å². The van der Waals surface area contributed by atoms with Crippen LogP contribution in [0.2, 0.25) is 0 Å². The van der Waals surface area contributed by atoms with E-state index in [9.17, 15) is 14.4 Å². The fraction of sp³-hybridized carbons (Fsp3) is 0.500. The Morgan fingerprint density at radius 2 is 1.76 bits per heavy atom. The van der Waals surface area contributed by atoms with E-state index in [2.05, 4.69) is 15.7 Å². The molecule has 1 aliphatic carbocycles. The zero-order valence-corrected chi connectivity index (χ0v) is 17.2. The maximum absolute atomic E-state index is 12.8. The summed E-state index contributed by atoms with van der Waals surface area (Å²) in [7, 11) is 0. The summed E-state index contributed by atoms with van der Waals surface area (Å²) < 4.78 is 1.76. The van der Waals surface area contributed by atoms with Gasteiger partial charge in [0.05, 0.1) is 21.8 Å². The lowest BCUT2D eigenvalue weighted by atomic mass is 9.95. The molecule has 1 aliphatic heterocycles. The molecule has 29 heavy (non-hydrogen) atoms. The van der Waals surface area contributed by atoms with E-state index < -0.39 is 0 Å². The van der Waals surface area contributed by atoms with Crippen LogP contribution in [0.1, 0.15) is 42.3 Å². The standard InChI is InChI=1S/C20H25N5O3S/c1-2-25-12-15(11-21-25)22-18(26)14-7-9-24(10-8-14)20(28)16-5-6-17(29-16)23-19(27)13-3-4-13/h5-6,11-14H,2-4,7-10H2,1H3,(H,22,26)(H,23,27). The Kier molecular flexibility index (Phi) is 5.66. The molecule has 2 aliphatic rings. The van der Waals surface area contributed by atoms with Crippen LogP contribution in [-0.2, 0) is 16.1 Å². The first-order chi connectivity index (χ1) is 14.0. The van der Waals surface area contributed by atoms with Crippen LogP contribution < -0.4 is 10.6 Å². The van der Waals surface area contributed by atoms with Gasteiger partial charge >= 0.3 is 0 Å². The minimum atomic E-state index is -0.110. The second kappa shape index (κ2) is 8.36. The van der Waals surface area contributed by atoms with E-state index >= 15 is 0 Å². The van der Waals surface area contributed by atoms with Crippen LogP contribution in [0.3, 0.4) is 0 Å². The molecule has 2 aromatic heterocycles. The number of nitrogens with one attached hydrogen (secondary N) is 2. The smallest absolute Gasteiger partial charge is 0.263 e. The molecular weight excluding hydrogens is 390 g/mol. The maximum Gasteiger partial charge on any atom is 0.263 e. The van der Waals surface area contributed by atoms with Crippen molar-refractivity contribution in [2.24, 2.45) is 11.8 Å². The molecular formula is C20H25N5O3S. The number of nitrogens with zero attached hydrogens (tertiary/aromatic N) is 3. The summed E-state index contributed by atoms with van der Waals surface area (Å²) in [4.78, 5) is 39.5. The van der Waals surface area contributed by atoms with E-state index in [1.807, 2.05) is 13.1 Å². The topological polar surface area (TPSA) is 96.3 Å². The number of hydrogen-bond donors (Lipinski definition) is 2. The normalized spacial score (nSPS) is 17.2. The van der Waals surface area contributed by atoms with Crippen molar-refractivity contribution in [3.8, 4) is 0 Å². The second-order valence-corrected chi connectivity index (χ2v) is 8.65. The quantitative estimate of drug-likeness (QED) is 0.758. The van der Waals surface area contributed by atoms with Crippen LogP contribution >= 0.6 is 11.3 Å². The summed E-state index contributed by atoms with van der Waals surface area (Å²) in [6, 6.07) is 3.55. The van der Waals surface area contributed by atoms with Crippen molar-refractivity contribution >= 4 is 39.7 Å². The second-order valence-electron chi connectivity index (χ2n) is 7.57. The van der Waals surface area contributed by atoms with Crippen LogP contribution in [0.4, 0.5) is 10.7 Å². The maximum atomic E-state index is 12.8. The van der Waals surface area contributed by atoms with E-state index in [0.717, 1.165) is 19.4 Å². The summed E-state index contributed by atoms with van der Waals surface area (Å²) in [6.45, 7) is 3.84. The van der Waals surface area contributed by atoms with Gasteiger partial charge < -0.3 is 15.5 Å². The number of piperidine rings is 1. The fourth-order valence-electron chi connectivity index (χ4n) is 3.43. The zero-order valence-electron chi connectivity index (χ0n) is 16.4. The molecule has 0 radical (unpaired) electrons. The Hall–Kier alpha value is -2.68. The van der Waals surface area contributed by atoms with Gasteiger partial charge in [0.15, 0.2) is 0 Å². The van der Waals surface area contributed by atoms with Crippen molar-refractivity contribution in [1.82, 2.24) is 14.7 Å². The van der Waals surface area contributed by atoms with Crippen LogP contribution in [0.5, 0.6) is 0 Å². The highest BCUT2D eigenvalue weighted by molar-refractivity contribution is 7.18. The van der Waals surface area contributed by atoms with Crippen LogP contribution in [0.15, 0.2) is 24.5 Å². The predicted octanol–water partition coefficient (Wildman–Crippen LogP) is 2.80. The molecule has 0 unspecified atom stereocenters. The van der Waals surface area contributed by atoms with Gasteiger partial charge in [-0.2, -0.15) is 5.10 Å². The van der Waals surface area contributed by atoms with Gasteiger partial charge in [-0.1, -0.05) is 0 Å². The van der Waals surface area contributed by atoms with Gasteiger partial charge in [0.25, 0.3) is 5.91 Å². The largest absolute Gasteiger partial charge is 0.338 e.